The summed E-state index contributed by atoms with van der Waals surface area (Å²) in [5, 5.41) is 4.48. The summed E-state index contributed by atoms with van der Waals surface area (Å²) in [7, 11) is 0. The van der Waals surface area contributed by atoms with E-state index in [-0.39, 0.29) is 5.41 Å². The molecule has 0 aliphatic heterocycles. The molecule has 0 saturated heterocycles. The SMILES string of the molecule is c1ccc2c(c1)-c1ccccc1C21c2ccccc2-c2ccc(-n3cccn3)cc21. The zero-order chi connectivity index (χ0) is 19.7. The third-order valence-corrected chi connectivity index (χ3v) is 6.75. The number of aromatic nitrogens is 2. The van der Waals surface area contributed by atoms with Crippen molar-refractivity contribution in [1.82, 2.24) is 9.78 Å². The molecule has 2 aliphatic carbocycles. The Hall–Kier alpha value is -3.91. The van der Waals surface area contributed by atoms with Crippen LogP contribution in [0.15, 0.2) is 109 Å². The van der Waals surface area contributed by atoms with Crippen LogP contribution in [-0.4, -0.2) is 9.78 Å². The largest absolute Gasteiger partial charge is 0.241 e. The van der Waals surface area contributed by atoms with Crippen molar-refractivity contribution >= 4 is 0 Å². The van der Waals surface area contributed by atoms with Crippen molar-refractivity contribution in [2.75, 3.05) is 0 Å². The Bertz CT molecular complexity index is 1380. The first kappa shape index (κ1) is 15.9. The summed E-state index contributed by atoms with van der Waals surface area (Å²) < 4.78 is 1.95. The smallest absolute Gasteiger partial charge is 0.0726 e. The van der Waals surface area contributed by atoms with Crippen molar-refractivity contribution in [3.8, 4) is 27.9 Å². The van der Waals surface area contributed by atoms with E-state index in [1.165, 1.54) is 44.5 Å². The lowest BCUT2D eigenvalue weighted by molar-refractivity contribution is 0.788. The molecule has 0 bridgehead atoms. The van der Waals surface area contributed by atoms with E-state index in [1.54, 1.807) is 0 Å². The van der Waals surface area contributed by atoms with Gasteiger partial charge in [-0.1, -0.05) is 78.9 Å². The first-order valence-electron chi connectivity index (χ1n) is 10.3. The summed E-state index contributed by atoms with van der Waals surface area (Å²) >= 11 is 0. The average molecular weight is 382 g/mol. The van der Waals surface area contributed by atoms with Crippen molar-refractivity contribution < 1.29 is 0 Å². The summed E-state index contributed by atoms with van der Waals surface area (Å²) in [6, 6.07) is 35.4. The highest BCUT2D eigenvalue weighted by atomic mass is 15.3. The van der Waals surface area contributed by atoms with E-state index >= 15 is 0 Å². The van der Waals surface area contributed by atoms with E-state index in [4.69, 9.17) is 0 Å². The number of nitrogens with zero attached hydrogens (tertiary/aromatic N) is 2. The quantitative estimate of drug-likeness (QED) is 0.330. The molecule has 0 N–H and O–H groups in total. The minimum atomic E-state index is -0.289. The van der Waals surface area contributed by atoms with E-state index in [0.717, 1.165) is 5.69 Å². The molecule has 5 aromatic rings. The maximum absolute atomic E-state index is 4.48. The van der Waals surface area contributed by atoms with Crippen LogP contribution in [0.4, 0.5) is 0 Å². The number of fused-ring (bicyclic) bond motifs is 10. The minimum absolute atomic E-state index is 0.289. The maximum atomic E-state index is 4.48. The van der Waals surface area contributed by atoms with Crippen molar-refractivity contribution in [2.45, 2.75) is 5.41 Å². The van der Waals surface area contributed by atoms with Crippen LogP contribution in [0.1, 0.15) is 22.3 Å². The van der Waals surface area contributed by atoms with Crippen LogP contribution in [0.5, 0.6) is 0 Å². The zero-order valence-electron chi connectivity index (χ0n) is 16.3. The van der Waals surface area contributed by atoms with Gasteiger partial charge in [0.2, 0.25) is 0 Å². The number of benzene rings is 4. The standard InChI is InChI=1S/C28H18N2/c1-4-11-24-20(8-1)21-9-2-5-12-25(21)28(24)26-13-6-3-10-22(26)23-15-14-19(18-27(23)28)30-17-7-16-29-30/h1-18H. The number of hydrogen-bond donors (Lipinski definition) is 0. The molecule has 0 radical (unpaired) electrons. The van der Waals surface area contributed by atoms with E-state index in [0.29, 0.717) is 0 Å². The summed E-state index contributed by atoms with van der Waals surface area (Å²) in [6.45, 7) is 0. The molecule has 2 aliphatic rings. The van der Waals surface area contributed by atoms with Crippen molar-refractivity contribution in [2.24, 2.45) is 0 Å². The van der Waals surface area contributed by atoms with Crippen LogP contribution in [0.2, 0.25) is 0 Å². The van der Waals surface area contributed by atoms with Gasteiger partial charge in [0.25, 0.3) is 0 Å². The Morgan fingerprint density at radius 1 is 0.533 bits per heavy atom. The van der Waals surface area contributed by atoms with Crippen LogP contribution in [-0.2, 0) is 5.41 Å². The van der Waals surface area contributed by atoms with Crippen molar-refractivity contribution in [1.29, 1.82) is 0 Å². The third-order valence-electron chi connectivity index (χ3n) is 6.75. The van der Waals surface area contributed by atoms with Gasteiger partial charge in [-0.2, -0.15) is 5.10 Å². The fourth-order valence-corrected chi connectivity index (χ4v) is 5.65. The molecule has 1 aromatic heterocycles. The molecule has 0 unspecified atom stereocenters. The summed E-state index contributed by atoms with van der Waals surface area (Å²) in [4.78, 5) is 0. The van der Waals surface area contributed by atoms with Crippen LogP contribution in [0, 0.1) is 0 Å². The highest BCUT2D eigenvalue weighted by Crippen LogP contribution is 2.62. The second-order valence-electron chi connectivity index (χ2n) is 8.07. The molecule has 0 amide bonds. The van der Waals surface area contributed by atoms with Gasteiger partial charge in [0.15, 0.2) is 0 Å². The molecule has 1 heterocycles. The first-order chi connectivity index (χ1) is 14.9. The lowest BCUT2D eigenvalue weighted by Crippen LogP contribution is -2.26. The monoisotopic (exact) mass is 382 g/mol. The molecule has 4 aromatic carbocycles. The summed E-state index contributed by atoms with van der Waals surface area (Å²) in [5.74, 6) is 0. The van der Waals surface area contributed by atoms with Gasteiger partial charge in [0.1, 0.15) is 0 Å². The van der Waals surface area contributed by atoms with Crippen molar-refractivity contribution in [3.05, 3.63) is 132 Å². The fraction of sp³-hybridized carbons (Fsp3) is 0.0357. The second-order valence-corrected chi connectivity index (χ2v) is 8.07. The molecule has 2 heteroatoms. The summed E-state index contributed by atoms with van der Waals surface area (Å²) in [6.07, 6.45) is 3.84. The normalized spacial score (nSPS) is 14.3. The highest BCUT2D eigenvalue weighted by molar-refractivity contribution is 5.95. The Labute approximate surface area is 175 Å². The van der Waals surface area contributed by atoms with E-state index in [9.17, 15) is 0 Å². The van der Waals surface area contributed by atoms with Crippen LogP contribution < -0.4 is 0 Å². The van der Waals surface area contributed by atoms with Gasteiger partial charge < -0.3 is 0 Å². The van der Waals surface area contributed by atoms with Gasteiger partial charge >= 0.3 is 0 Å². The lowest BCUT2D eigenvalue weighted by atomic mass is 9.70. The van der Waals surface area contributed by atoms with E-state index in [2.05, 4.69) is 96.1 Å². The number of hydrogen-bond acceptors (Lipinski definition) is 1. The van der Waals surface area contributed by atoms with Gasteiger partial charge in [-0.15, -0.1) is 0 Å². The lowest BCUT2D eigenvalue weighted by Gasteiger charge is -2.30. The average Bonchev–Trinajstić information content (AvgIpc) is 3.51. The molecule has 30 heavy (non-hydrogen) atoms. The van der Waals surface area contributed by atoms with E-state index in [1.807, 2.05) is 23.1 Å². The Morgan fingerprint density at radius 3 is 1.60 bits per heavy atom. The molecule has 7 rings (SSSR count). The fourth-order valence-electron chi connectivity index (χ4n) is 5.65. The molecule has 0 fully saturated rings. The highest BCUT2D eigenvalue weighted by Gasteiger charge is 2.51. The minimum Gasteiger partial charge on any atom is -0.241 e. The molecule has 0 saturated carbocycles. The van der Waals surface area contributed by atoms with Crippen LogP contribution >= 0.6 is 0 Å². The van der Waals surface area contributed by atoms with Crippen LogP contribution in [0.3, 0.4) is 0 Å². The predicted octanol–water partition coefficient (Wildman–Crippen LogP) is 6.22. The molecular weight excluding hydrogens is 364 g/mol. The Morgan fingerprint density at radius 2 is 1.07 bits per heavy atom. The van der Waals surface area contributed by atoms with Crippen molar-refractivity contribution in [3.63, 3.8) is 0 Å². The van der Waals surface area contributed by atoms with E-state index < -0.39 is 0 Å². The van der Waals surface area contributed by atoms with Gasteiger partial charge in [0.05, 0.1) is 11.1 Å². The van der Waals surface area contributed by atoms with Gasteiger partial charge in [0, 0.05) is 12.4 Å². The molecule has 1 spiro atoms. The number of rotatable bonds is 1. The first-order valence-corrected chi connectivity index (χ1v) is 10.3. The maximum Gasteiger partial charge on any atom is 0.0726 e. The third kappa shape index (κ3) is 1.77. The topological polar surface area (TPSA) is 17.8 Å². The Kier molecular flexibility index (Phi) is 2.97. The molecular formula is C28H18N2. The molecule has 140 valence electrons. The Balaban J connectivity index is 1.67. The second kappa shape index (κ2) is 5.58. The predicted molar refractivity (Wildman–Crippen MR) is 120 cm³/mol. The summed E-state index contributed by atoms with van der Waals surface area (Å²) in [5.41, 5.74) is 11.6. The zero-order valence-corrected chi connectivity index (χ0v) is 16.3. The van der Waals surface area contributed by atoms with Gasteiger partial charge in [-0.05, 0) is 62.7 Å². The molecule has 2 nitrogen and oxygen atoms in total. The van der Waals surface area contributed by atoms with Crippen LogP contribution in [0.25, 0.3) is 27.9 Å². The van der Waals surface area contributed by atoms with Gasteiger partial charge in [-0.25, -0.2) is 4.68 Å². The molecule has 0 atom stereocenters. The van der Waals surface area contributed by atoms with Gasteiger partial charge in [-0.3, -0.25) is 0 Å².